The van der Waals surface area contributed by atoms with E-state index in [2.05, 4.69) is 25.7 Å². The topological polar surface area (TPSA) is 12.5 Å². The van der Waals surface area contributed by atoms with Gasteiger partial charge < -0.3 is 9.64 Å². The Morgan fingerprint density at radius 3 is 2.06 bits per heavy atom. The highest BCUT2D eigenvalue weighted by Gasteiger charge is 2.06. The molecule has 0 aliphatic carbocycles. The van der Waals surface area contributed by atoms with Crippen molar-refractivity contribution in [3.63, 3.8) is 0 Å². The standard InChI is InChI=1S/C15H33NO/c1-5-8-12-15(17-4)13-10-9-11-14-16(6-2)7-3/h15H,5-14H2,1-4H3/t15-/m1/s1. The fraction of sp³-hybridized carbons (Fsp3) is 1.00. The maximum atomic E-state index is 5.51. The molecule has 2 heteroatoms. The molecule has 0 radical (unpaired) electrons. The van der Waals surface area contributed by atoms with Crippen molar-refractivity contribution >= 4 is 0 Å². The summed E-state index contributed by atoms with van der Waals surface area (Å²) in [5.41, 5.74) is 0. The first-order chi connectivity index (χ1) is 8.28. The third-order valence-electron chi connectivity index (χ3n) is 3.61. The maximum Gasteiger partial charge on any atom is 0.0571 e. The molecule has 0 rings (SSSR count). The fourth-order valence-corrected chi connectivity index (χ4v) is 2.24. The summed E-state index contributed by atoms with van der Waals surface area (Å²) in [4.78, 5) is 2.50. The molecule has 1 atom stereocenters. The first-order valence-corrected chi connectivity index (χ1v) is 7.53. The van der Waals surface area contributed by atoms with Gasteiger partial charge >= 0.3 is 0 Å². The molecule has 0 aliphatic rings. The second kappa shape index (κ2) is 12.4. The summed E-state index contributed by atoms with van der Waals surface area (Å²) >= 11 is 0. The van der Waals surface area contributed by atoms with E-state index in [1.54, 1.807) is 0 Å². The van der Waals surface area contributed by atoms with Crippen LogP contribution >= 0.6 is 0 Å². The molecular weight excluding hydrogens is 210 g/mol. The molecule has 0 spiro atoms. The number of nitrogens with zero attached hydrogens (tertiary/aromatic N) is 1. The average Bonchev–Trinajstić information content (AvgIpc) is 2.37. The molecule has 0 fully saturated rings. The molecule has 0 heterocycles. The van der Waals surface area contributed by atoms with Gasteiger partial charge in [0, 0.05) is 7.11 Å². The van der Waals surface area contributed by atoms with Crippen molar-refractivity contribution in [2.75, 3.05) is 26.7 Å². The van der Waals surface area contributed by atoms with Gasteiger partial charge in [-0.25, -0.2) is 0 Å². The van der Waals surface area contributed by atoms with E-state index in [9.17, 15) is 0 Å². The molecule has 0 aliphatic heterocycles. The highest BCUT2D eigenvalue weighted by Crippen LogP contribution is 2.12. The quantitative estimate of drug-likeness (QED) is 0.479. The number of hydrogen-bond donors (Lipinski definition) is 0. The summed E-state index contributed by atoms with van der Waals surface area (Å²) in [6.45, 7) is 10.4. The second-order valence-electron chi connectivity index (χ2n) is 4.88. The van der Waals surface area contributed by atoms with E-state index in [0.29, 0.717) is 6.10 Å². The van der Waals surface area contributed by atoms with E-state index < -0.39 is 0 Å². The van der Waals surface area contributed by atoms with Crippen LogP contribution < -0.4 is 0 Å². The number of rotatable bonds is 12. The number of methoxy groups -OCH3 is 1. The van der Waals surface area contributed by atoms with Gasteiger partial charge in [0.1, 0.15) is 0 Å². The van der Waals surface area contributed by atoms with Crippen LogP contribution in [-0.4, -0.2) is 37.7 Å². The molecule has 0 amide bonds. The zero-order valence-corrected chi connectivity index (χ0v) is 12.5. The molecule has 0 unspecified atom stereocenters. The van der Waals surface area contributed by atoms with Crippen LogP contribution in [0.25, 0.3) is 0 Å². The van der Waals surface area contributed by atoms with Gasteiger partial charge in [-0.3, -0.25) is 0 Å². The average molecular weight is 243 g/mol. The maximum absolute atomic E-state index is 5.51. The van der Waals surface area contributed by atoms with E-state index in [1.165, 1.54) is 64.6 Å². The van der Waals surface area contributed by atoms with Crippen LogP contribution in [0.4, 0.5) is 0 Å². The SMILES string of the molecule is CCCC[C@H](CCCCCN(CC)CC)OC. The summed E-state index contributed by atoms with van der Waals surface area (Å²) in [7, 11) is 1.86. The van der Waals surface area contributed by atoms with E-state index in [4.69, 9.17) is 4.74 Å². The summed E-state index contributed by atoms with van der Waals surface area (Å²) in [6, 6.07) is 0. The van der Waals surface area contributed by atoms with Crippen LogP contribution in [0.2, 0.25) is 0 Å². The Morgan fingerprint density at radius 2 is 1.53 bits per heavy atom. The smallest absolute Gasteiger partial charge is 0.0571 e. The molecule has 0 N–H and O–H groups in total. The first kappa shape index (κ1) is 16.9. The lowest BCUT2D eigenvalue weighted by Crippen LogP contribution is -2.23. The minimum atomic E-state index is 0.503. The lowest BCUT2D eigenvalue weighted by Gasteiger charge is -2.18. The monoisotopic (exact) mass is 243 g/mol. The lowest BCUT2D eigenvalue weighted by atomic mass is 10.1. The highest BCUT2D eigenvalue weighted by atomic mass is 16.5. The Morgan fingerprint density at radius 1 is 0.882 bits per heavy atom. The zero-order valence-electron chi connectivity index (χ0n) is 12.5. The molecule has 104 valence electrons. The molecule has 0 bridgehead atoms. The van der Waals surface area contributed by atoms with Gasteiger partial charge in [-0.15, -0.1) is 0 Å². The highest BCUT2D eigenvalue weighted by molar-refractivity contribution is 4.59. The Balaban J connectivity index is 3.41. The van der Waals surface area contributed by atoms with Crippen LogP contribution in [0.3, 0.4) is 0 Å². The Hall–Kier alpha value is -0.0800. The van der Waals surface area contributed by atoms with Crippen LogP contribution in [0.1, 0.15) is 65.7 Å². The first-order valence-electron chi connectivity index (χ1n) is 7.53. The Bertz CT molecular complexity index is 146. The van der Waals surface area contributed by atoms with Crippen molar-refractivity contribution < 1.29 is 4.74 Å². The lowest BCUT2D eigenvalue weighted by molar-refractivity contribution is 0.0834. The summed E-state index contributed by atoms with van der Waals surface area (Å²) in [5, 5.41) is 0. The molecule has 0 aromatic heterocycles. The van der Waals surface area contributed by atoms with Crippen molar-refractivity contribution in [1.82, 2.24) is 4.90 Å². The summed E-state index contributed by atoms with van der Waals surface area (Å²) in [5.74, 6) is 0. The van der Waals surface area contributed by atoms with Crippen LogP contribution in [0.5, 0.6) is 0 Å². The largest absolute Gasteiger partial charge is 0.381 e. The Labute approximate surface area is 109 Å². The van der Waals surface area contributed by atoms with Crippen molar-refractivity contribution in [2.45, 2.75) is 71.8 Å². The molecule has 17 heavy (non-hydrogen) atoms. The minimum absolute atomic E-state index is 0.503. The van der Waals surface area contributed by atoms with Crippen LogP contribution in [0.15, 0.2) is 0 Å². The van der Waals surface area contributed by atoms with Gasteiger partial charge in [-0.1, -0.05) is 46.5 Å². The minimum Gasteiger partial charge on any atom is -0.381 e. The van der Waals surface area contributed by atoms with Crippen molar-refractivity contribution in [3.8, 4) is 0 Å². The van der Waals surface area contributed by atoms with Gasteiger partial charge in [-0.05, 0) is 38.9 Å². The molecular formula is C15H33NO. The Kier molecular flexibility index (Phi) is 12.3. The molecule has 2 nitrogen and oxygen atoms in total. The van der Waals surface area contributed by atoms with Gasteiger partial charge in [0.2, 0.25) is 0 Å². The predicted octanol–water partition coefficient (Wildman–Crippen LogP) is 4.09. The van der Waals surface area contributed by atoms with Crippen LogP contribution in [0, 0.1) is 0 Å². The number of hydrogen-bond acceptors (Lipinski definition) is 2. The molecule has 0 saturated heterocycles. The van der Waals surface area contributed by atoms with Crippen molar-refractivity contribution in [3.05, 3.63) is 0 Å². The normalized spacial score (nSPS) is 13.2. The second-order valence-corrected chi connectivity index (χ2v) is 4.88. The van der Waals surface area contributed by atoms with Crippen molar-refractivity contribution in [1.29, 1.82) is 0 Å². The third-order valence-corrected chi connectivity index (χ3v) is 3.61. The molecule has 0 aromatic rings. The van der Waals surface area contributed by atoms with E-state index in [1.807, 2.05) is 7.11 Å². The van der Waals surface area contributed by atoms with Gasteiger partial charge in [0.05, 0.1) is 6.10 Å². The third kappa shape index (κ3) is 9.61. The number of ether oxygens (including phenoxy) is 1. The van der Waals surface area contributed by atoms with E-state index in [0.717, 1.165) is 0 Å². The van der Waals surface area contributed by atoms with Gasteiger partial charge in [0.15, 0.2) is 0 Å². The summed E-state index contributed by atoms with van der Waals surface area (Å²) < 4.78 is 5.51. The molecule has 0 saturated carbocycles. The number of unbranched alkanes of at least 4 members (excludes halogenated alkanes) is 3. The van der Waals surface area contributed by atoms with Gasteiger partial charge in [-0.2, -0.15) is 0 Å². The van der Waals surface area contributed by atoms with Crippen LogP contribution in [-0.2, 0) is 4.74 Å². The summed E-state index contributed by atoms with van der Waals surface area (Å²) in [6.07, 6.45) is 9.58. The zero-order chi connectivity index (χ0) is 12.9. The van der Waals surface area contributed by atoms with E-state index in [-0.39, 0.29) is 0 Å². The molecule has 0 aromatic carbocycles. The predicted molar refractivity (Wildman–Crippen MR) is 76.6 cm³/mol. The van der Waals surface area contributed by atoms with E-state index >= 15 is 0 Å². The van der Waals surface area contributed by atoms with Gasteiger partial charge in [0.25, 0.3) is 0 Å². The fourth-order valence-electron chi connectivity index (χ4n) is 2.24. The van der Waals surface area contributed by atoms with Crippen molar-refractivity contribution in [2.24, 2.45) is 0 Å².